The highest BCUT2D eigenvalue weighted by molar-refractivity contribution is 6.16. The number of halogens is 1. The molecular formula is C8H20ClNO+. The van der Waals surface area contributed by atoms with Crippen LogP contribution in [0.1, 0.15) is 20.8 Å². The van der Waals surface area contributed by atoms with Crippen LogP contribution in [0.5, 0.6) is 0 Å². The zero-order valence-corrected chi connectivity index (χ0v) is 8.82. The highest BCUT2D eigenvalue weighted by Crippen LogP contribution is 1.97. The van der Waals surface area contributed by atoms with Gasteiger partial charge in [-0.1, -0.05) is 11.6 Å². The van der Waals surface area contributed by atoms with Gasteiger partial charge in [-0.2, -0.15) is 0 Å². The lowest BCUT2D eigenvalue weighted by atomic mass is 10.4. The molecule has 0 atom stereocenters. The lowest BCUT2D eigenvalue weighted by molar-refractivity contribution is -0.904. The van der Waals surface area contributed by atoms with E-state index in [1.165, 1.54) is 24.1 Å². The van der Waals surface area contributed by atoms with Gasteiger partial charge in [0.25, 0.3) is 0 Å². The van der Waals surface area contributed by atoms with Crippen molar-refractivity contribution in [3.63, 3.8) is 0 Å². The highest BCUT2D eigenvalue weighted by Gasteiger charge is 2.10. The van der Waals surface area contributed by atoms with Gasteiger partial charge in [0.15, 0.2) is 6.07 Å². The van der Waals surface area contributed by atoms with Crippen molar-refractivity contribution in [3.8, 4) is 0 Å². The molecule has 0 aliphatic rings. The summed E-state index contributed by atoms with van der Waals surface area (Å²) in [5.41, 5.74) is 0. The molecule has 69 valence electrons. The average Bonchev–Trinajstić information content (AvgIpc) is 2.05. The molecule has 3 heteroatoms. The smallest absolute Gasteiger partial charge is 0.156 e. The first-order chi connectivity index (χ1) is 5.10. The predicted molar refractivity (Wildman–Crippen MR) is 49.2 cm³/mol. The third-order valence-electron chi connectivity index (χ3n) is 2.29. The summed E-state index contributed by atoms with van der Waals surface area (Å²) < 4.78 is 1.21. The topological polar surface area (TPSA) is 19.9 Å². The molecule has 0 unspecified atom stereocenters. The Labute approximate surface area is 75.4 Å². The third-order valence-corrected chi connectivity index (χ3v) is 2.29. The van der Waals surface area contributed by atoms with Crippen LogP contribution in [0.3, 0.4) is 0 Å². The molecule has 0 aromatic rings. The van der Waals surface area contributed by atoms with Crippen molar-refractivity contribution >= 4 is 11.6 Å². The Morgan fingerprint density at radius 1 is 1.09 bits per heavy atom. The minimum absolute atomic E-state index is 0.528. The van der Waals surface area contributed by atoms with E-state index in [1.807, 2.05) is 0 Å². The Kier molecular flexibility index (Phi) is 10.4. The second-order valence-corrected chi connectivity index (χ2v) is 2.90. The van der Waals surface area contributed by atoms with Gasteiger partial charge in [0.1, 0.15) is 0 Å². The van der Waals surface area contributed by atoms with Crippen molar-refractivity contribution < 1.29 is 9.59 Å². The Bertz CT molecular complexity index is 66.2. The Hall–Kier alpha value is 0.210. The Morgan fingerprint density at radius 2 is 1.27 bits per heavy atom. The minimum Gasteiger partial charge on any atom is -0.327 e. The Balaban J connectivity index is 0. The summed E-state index contributed by atoms with van der Waals surface area (Å²) in [6, 6.07) is -0.528. The van der Waals surface area contributed by atoms with Gasteiger partial charge in [-0.3, -0.25) is 0 Å². The first kappa shape index (κ1) is 13.8. The molecule has 0 bridgehead atoms. The second-order valence-electron chi connectivity index (χ2n) is 2.68. The summed E-state index contributed by atoms with van der Waals surface area (Å²) in [6.45, 7) is 10.5. The second kappa shape index (κ2) is 8.31. The maximum atomic E-state index is 8.70. The fourth-order valence-electron chi connectivity index (χ4n) is 0.671. The maximum absolute atomic E-state index is 8.70. The fourth-order valence-corrected chi connectivity index (χ4v) is 0.671. The van der Waals surface area contributed by atoms with Crippen LogP contribution in [-0.4, -0.2) is 37.2 Å². The van der Waals surface area contributed by atoms with Crippen molar-refractivity contribution in [3.05, 3.63) is 0 Å². The van der Waals surface area contributed by atoms with E-state index in [0.29, 0.717) is 0 Å². The van der Waals surface area contributed by atoms with Gasteiger partial charge in [0.2, 0.25) is 0 Å². The molecule has 0 spiro atoms. The standard InChI is InChI=1S/C7H18N.CH2ClO/c1-5-8(4,6-2)7-3;2-1-3/h5-7H2,1-4H3;1H2/q+1;. The molecule has 0 heterocycles. The molecule has 0 fully saturated rings. The molecule has 0 aromatic carbocycles. The molecule has 0 aliphatic heterocycles. The summed E-state index contributed by atoms with van der Waals surface area (Å²) in [5, 5.41) is 8.70. The lowest BCUT2D eigenvalue weighted by Gasteiger charge is -2.30. The normalized spacial score (nSPS) is 10.4. The van der Waals surface area contributed by atoms with Crippen LogP contribution in [0.25, 0.3) is 0 Å². The summed E-state index contributed by atoms with van der Waals surface area (Å²) in [6.07, 6.45) is 0. The van der Waals surface area contributed by atoms with Gasteiger partial charge in [0.05, 0.1) is 26.7 Å². The summed E-state index contributed by atoms with van der Waals surface area (Å²) >= 11 is 4.44. The molecule has 0 aliphatic carbocycles. The van der Waals surface area contributed by atoms with Gasteiger partial charge in [0, 0.05) is 0 Å². The van der Waals surface area contributed by atoms with E-state index in [1.54, 1.807) is 0 Å². The minimum atomic E-state index is -0.528. The SMILES string of the molecule is CC[N+](C)(CC)CC.[O]CCl. The zero-order chi connectivity index (χ0) is 9.33. The van der Waals surface area contributed by atoms with Crippen molar-refractivity contribution in [2.75, 3.05) is 32.7 Å². The van der Waals surface area contributed by atoms with Gasteiger partial charge in [-0.05, 0) is 20.8 Å². The van der Waals surface area contributed by atoms with E-state index in [-0.39, 0.29) is 0 Å². The van der Waals surface area contributed by atoms with E-state index in [0.717, 1.165) is 0 Å². The summed E-state index contributed by atoms with van der Waals surface area (Å²) in [4.78, 5) is 0. The Morgan fingerprint density at radius 3 is 1.27 bits per heavy atom. The van der Waals surface area contributed by atoms with Crippen LogP contribution in [0.4, 0.5) is 0 Å². The van der Waals surface area contributed by atoms with E-state index in [4.69, 9.17) is 5.11 Å². The molecule has 1 radical (unpaired) electrons. The first-order valence-corrected chi connectivity index (χ1v) is 4.61. The molecule has 11 heavy (non-hydrogen) atoms. The van der Waals surface area contributed by atoms with Crippen LogP contribution < -0.4 is 0 Å². The molecule has 0 N–H and O–H groups in total. The van der Waals surface area contributed by atoms with Gasteiger partial charge in [-0.25, -0.2) is 5.11 Å². The van der Waals surface area contributed by atoms with Crippen LogP contribution in [-0.2, 0) is 5.11 Å². The quantitative estimate of drug-likeness (QED) is 0.470. The van der Waals surface area contributed by atoms with Gasteiger partial charge >= 0.3 is 0 Å². The van der Waals surface area contributed by atoms with E-state index < -0.39 is 6.07 Å². The molecule has 0 aromatic heterocycles. The molecule has 2 nitrogen and oxygen atoms in total. The molecule has 0 saturated carbocycles. The molecular weight excluding hydrogens is 162 g/mol. The molecule has 0 saturated heterocycles. The zero-order valence-electron chi connectivity index (χ0n) is 8.06. The monoisotopic (exact) mass is 181 g/mol. The number of rotatable bonds is 3. The number of hydrogen-bond donors (Lipinski definition) is 0. The van der Waals surface area contributed by atoms with E-state index >= 15 is 0 Å². The fraction of sp³-hybridized carbons (Fsp3) is 1.00. The van der Waals surface area contributed by atoms with Crippen LogP contribution >= 0.6 is 11.6 Å². The van der Waals surface area contributed by atoms with Crippen LogP contribution in [0, 0.1) is 0 Å². The number of hydrogen-bond acceptors (Lipinski definition) is 0. The van der Waals surface area contributed by atoms with Crippen LogP contribution in [0.2, 0.25) is 0 Å². The first-order valence-electron chi connectivity index (χ1n) is 4.07. The van der Waals surface area contributed by atoms with Gasteiger partial charge < -0.3 is 4.48 Å². The summed E-state index contributed by atoms with van der Waals surface area (Å²) in [5.74, 6) is 0. The summed E-state index contributed by atoms with van der Waals surface area (Å²) in [7, 11) is 2.29. The predicted octanol–water partition coefficient (Wildman–Crippen LogP) is 2.11. The number of alkyl halides is 1. The average molecular weight is 182 g/mol. The highest BCUT2D eigenvalue weighted by atomic mass is 35.5. The largest absolute Gasteiger partial charge is 0.327 e. The van der Waals surface area contributed by atoms with E-state index in [9.17, 15) is 0 Å². The maximum Gasteiger partial charge on any atom is 0.156 e. The molecule has 0 rings (SSSR count). The van der Waals surface area contributed by atoms with Crippen molar-refractivity contribution in [2.45, 2.75) is 20.8 Å². The number of nitrogens with zero attached hydrogens (tertiary/aromatic N) is 1. The lowest BCUT2D eigenvalue weighted by Crippen LogP contribution is -2.42. The number of quaternary nitrogens is 1. The molecule has 0 amide bonds. The van der Waals surface area contributed by atoms with Crippen molar-refractivity contribution in [1.29, 1.82) is 0 Å². The van der Waals surface area contributed by atoms with Crippen molar-refractivity contribution in [2.24, 2.45) is 0 Å². The van der Waals surface area contributed by atoms with Gasteiger partial charge in [-0.15, -0.1) is 0 Å². The van der Waals surface area contributed by atoms with E-state index in [2.05, 4.69) is 39.4 Å². The van der Waals surface area contributed by atoms with Crippen molar-refractivity contribution in [1.82, 2.24) is 0 Å². The van der Waals surface area contributed by atoms with Crippen LogP contribution in [0.15, 0.2) is 0 Å². The third kappa shape index (κ3) is 8.11.